The molecule has 18 heavy (non-hydrogen) atoms. The highest BCUT2D eigenvalue weighted by atomic mass is 16.4. The first-order valence-electron chi connectivity index (χ1n) is 4.86. The van der Waals surface area contributed by atoms with Gasteiger partial charge in [0.15, 0.2) is 5.76 Å². The third-order valence-electron chi connectivity index (χ3n) is 2.25. The number of carbonyl (C=O) groups excluding carboxylic acids is 1. The molecule has 9 heteroatoms. The lowest BCUT2D eigenvalue weighted by Gasteiger charge is -2.27. The zero-order valence-electron chi connectivity index (χ0n) is 9.16. The first kappa shape index (κ1) is 16.8. The Labute approximate surface area is 101 Å². The molecule has 0 aromatic rings. The summed E-state index contributed by atoms with van der Waals surface area (Å²) < 4.78 is 0. The highest BCUT2D eigenvalue weighted by molar-refractivity contribution is 5.96. The zero-order valence-corrected chi connectivity index (χ0v) is 9.16. The SMILES string of the molecule is O=C(C(O)=CO)[C@H](O)[C@H](O)[C@@H](O)[C@@H](O)[C@H](O)CO. The third kappa shape index (κ3) is 3.91. The van der Waals surface area contributed by atoms with Crippen LogP contribution in [0, 0.1) is 0 Å². The normalized spacial score (nSPS) is 20.9. The van der Waals surface area contributed by atoms with E-state index < -0.39 is 48.7 Å². The first-order valence-corrected chi connectivity index (χ1v) is 4.86. The predicted molar refractivity (Wildman–Crippen MR) is 55.5 cm³/mol. The number of rotatable bonds is 7. The summed E-state index contributed by atoms with van der Waals surface area (Å²) in [7, 11) is 0. The molecule has 0 saturated carbocycles. The number of carbonyl (C=O) groups is 1. The van der Waals surface area contributed by atoms with Crippen molar-refractivity contribution in [3.05, 3.63) is 12.0 Å². The molecule has 8 N–H and O–H groups in total. The summed E-state index contributed by atoms with van der Waals surface area (Å²) >= 11 is 0. The van der Waals surface area contributed by atoms with Gasteiger partial charge in [0, 0.05) is 0 Å². The second kappa shape index (κ2) is 7.26. The Morgan fingerprint density at radius 3 is 1.89 bits per heavy atom. The lowest BCUT2D eigenvalue weighted by Crippen LogP contribution is -2.52. The lowest BCUT2D eigenvalue weighted by molar-refractivity contribution is -0.154. The van der Waals surface area contributed by atoms with Gasteiger partial charge in [-0.2, -0.15) is 0 Å². The summed E-state index contributed by atoms with van der Waals surface area (Å²) in [5.41, 5.74) is 0. The summed E-state index contributed by atoms with van der Waals surface area (Å²) in [6, 6.07) is 0. The Hall–Kier alpha value is -1.23. The van der Waals surface area contributed by atoms with Gasteiger partial charge in [-0.25, -0.2) is 0 Å². The molecule has 0 heterocycles. The van der Waals surface area contributed by atoms with Crippen LogP contribution in [0.15, 0.2) is 12.0 Å². The van der Waals surface area contributed by atoms with E-state index in [2.05, 4.69) is 0 Å². The van der Waals surface area contributed by atoms with E-state index in [1.807, 2.05) is 0 Å². The summed E-state index contributed by atoms with van der Waals surface area (Å²) in [6.07, 6.45) is -10.6. The third-order valence-corrected chi connectivity index (χ3v) is 2.25. The fraction of sp³-hybridized carbons (Fsp3) is 0.667. The highest BCUT2D eigenvalue weighted by Gasteiger charge is 2.37. The van der Waals surface area contributed by atoms with E-state index in [0.717, 1.165) is 0 Å². The average molecular weight is 268 g/mol. The Balaban J connectivity index is 4.73. The van der Waals surface area contributed by atoms with Crippen molar-refractivity contribution in [1.82, 2.24) is 0 Å². The van der Waals surface area contributed by atoms with Gasteiger partial charge in [-0.3, -0.25) is 4.79 Å². The second-order valence-electron chi connectivity index (χ2n) is 3.55. The summed E-state index contributed by atoms with van der Waals surface area (Å²) in [5, 5.41) is 71.6. The predicted octanol–water partition coefficient (Wildman–Crippen LogP) is -3.69. The van der Waals surface area contributed by atoms with Gasteiger partial charge < -0.3 is 40.9 Å². The van der Waals surface area contributed by atoms with E-state index in [4.69, 9.17) is 20.4 Å². The molecule has 0 aromatic carbocycles. The molecule has 0 rings (SSSR count). The van der Waals surface area contributed by atoms with Crippen LogP contribution in [0.25, 0.3) is 0 Å². The Morgan fingerprint density at radius 1 is 1.00 bits per heavy atom. The van der Waals surface area contributed by atoms with E-state index in [9.17, 15) is 25.2 Å². The van der Waals surface area contributed by atoms with Crippen molar-refractivity contribution in [3.63, 3.8) is 0 Å². The molecular formula is C9H16O9. The van der Waals surface area contributed by atoms with Crippen LogP contribution in [-0.2, 0) is 4.79 Å². The maximum absolute atomic E-state index is 11.1. The molecule has 0 aliphatic carbocycles. The molecule has 0 aromatic heterocycles. The van der Waals surface area contributed by atoms with E-state index in [1.165, 1.54) is 0 Å². The summed E-state index contributed by atoms with van der Waals surface area (Å²) in [6.45, 7) is -0.920. The molecule has 0 radical (unpaired) electrons. The number of ketones is 1. The fourth-order valence-electron chi connectivity index (χ4n) is 1.09. The van der Waals surface area contributed by atoms with E-state index in [0.29, 0.717) is 0 Å². The van der Waals surface area contributed by atoms with Crippen LogP contribution in [0.4, 0.5) is 0 Å². The van der Waals surface area contributed by atoms with Crippen molar-refractivity contribution < 1.29 is 45.6 Å². The zero-order chi connectivity index (χ0) is 14.5. The van der Waals surface area contributed by atoms with Crippen LogP contribution < -0.4 is 0 Å². The standard InChI is InChI=1S/C9H16O9/c10-1-3(12)5(14)7(16)9(18)8(17)6(15)4(13)2-11/h1,4,6-13,15-18H,2H2/t4-,6+,7+,8+,9+/m1/s1. The van der Waals surface area contributed by atoms with Gasteiger partial charge in [-0.15, -0.1) is 0 Å². The topological polar surface area (TPSA) is 179 Å². The van der Waals surface area contributed by atoms with Crippen LogP contribution in [0.3, 0.4) is 0 Å². The molecule has 5 atom stereocenters. The number of aliphatic hydroxyl groups excluding tert-OH is 8. The summed E-state index contributed by atoms with van der Waals surface area (Å²) in [4.78, 5) is 11.1. The van der Waals surface area contributed by atoms with Crippen molar-refractivity contribution in [2.45, 2.75) is 30.5 Å². The van der Waals surface area contributed by atoms with Crippen LogP contribution >= 0.6 is 0 Å². The highest BCUT2D eigenvalue weighted by Crippen LogP contribution is 2.11. The molecule has 0 unspecified atom stereocenters. The Bertz CT molecular complexity index is 302. The number of Topliss-reactive ketones (excluding diaryl/α,β-unsaturated/α-hetero) is 1. The maximum Gasteiger partial charge on any atom is 0.231 e. The Kier molecular flexibility index (Phi) is 6.76. The molecule has 0 saturated heterocycles. The minimum absolute atomic E-state index is 0.0242. The van der Waals surface area contributed by atoms with Crippen molar-refractivity contribution in [2.75, 3.05) is 6.61 Å². The van der Waals surface area contributed by atoms with Crippen LogP contribution in [0.1, 0.15) is 0 Å². The van der Waals surface area contributed by atoms with Gasteiger partial charge in [0.1, 0.15) is 36.8 Å². The minimum atomic E-state index is -2.33. The number of hydrogen-bond donors (Lipinski definition) is 8. The minimum Gasteiger partial charge on any atom is -0.512 e. The van der Waals surface area contributed by atoms with Gasteiger partial charge in [0.05, 0.1) is 6.61 Å². The molecule has 0 bridgehead atoms. The molecule has 0 spiro atoms. The van der Waals surface area contributed by atoms with E-state index >= 15 is 0 Å². The summed E-state index contributed by atoms with van der Waals surface area (Å²) in [5.74, 6) is -2.75. The molecule has 0 fully saturated rings. The van der Waals surface area contributed by atoms with E-state index in [1.54, 1.807) is 0 Å². The molecule has 0 amide bonds. The molecule has 9 nitrogen and oxygen atoms in total. The van der Waals surface area contributed by atoms with Crippen LogP contribution in [-0.4, -0.2) is 83.8 Å². The van der Waals surface area contributed by atoms with Gasteiger partial charge in [-0.1, -0.05) is 0 Å². The largest absolute Gasteiger partial charge is 0.512 e. The van der Waals surface area contributed by atoms with E-state index in [-0.39, 0.29) is 6.26 Å². The molecule has 106 valence electrons. The smallest absolute Gasteiger partial charge is 0.231 e. The number of aliphatic hydroxyl groups is 8. The van der Waals surface area contributed by atoms with Gasteiger partial charge >= 0.3 is 0 Å². The van der Waals surface area contributed by atoms with Crippen molar-refractivity contribution in [3.8, 4) is 0 Å². The number of hydrogen-bond acceptors (Lipinski definition) is 9. The molecule has 0 aliphatic heterocycles. The first-order chi connectivity index (χ1) is 8.27. The maximum atomic E-state index is 11.1. The average Bonchev–Trinajstić information content (AvgIpc) is 2.40. The van der Waals surface area contributed by atoms with Crippen LogP contribution in [0.2, 0.25) is 0 Å². The lowest BCUT2D eigenvalue weighted by atomic mass is 9.97. The van der Waals surface area contributed by atoms with Crippen molar-refractivity contribution in [2.24, 2.45) is 0 Å². The fourth-order valence-corrected chi connectivity index (χ4v) is 1.09. The van der Waals surface area contributed by atoms with Gasteiger partial charge in [-0.05, 0) is 0 Å². The quantitative estimate of drug-likeness (QED) is 0.170. The van der Waals surface area contributed by atoms with Crippen LogP contribution in [0.5, 0.6) is 0 Å². The second-order valence-corrected chi connectivity index (χ2v) is 3.55. The van der Waals surface area contributed by atoms with Crippen molar-refractivity contribution in [1.29, 1.82) is 0 Å². The van der Waals surface area contributed by atoms with Crippen molar-refractivity contribution >= 4 is 5.78 Å². The molecule has 0 aliphatic rings. The van der Waals surface area contributed by atoms with Gasteiger partial charge in [0.25, 0.3) is 0 Å². The van der Waals surface area contributed by atoms with Gasteiger partial charge in [0.2, 0.25) is 5.78 Å². The Morgan fingerprint density at radius 2 is 1.50 bits per heavy atom. The monoisotopic (exact) mass is 268 g/mol. The molecular weight excluding hydrogens is 252 g/mol.